The summed E-state index contributed by atoms with van der Waals surface area (Å²) in [6, 6.07) is 0. The van der Waals surface area contributed by atoms with Gasteiger partial charge in [0.15, 0.2) is 13.4 Å². The van der Waals surface area contributed by atoms with E-state index in [1.807, 2.05) is 0 Å². The summed E-state index contributed by atoms with van der Waals surface area (Å²) >= 11 is 0. The van der Waals surface area contributed by atoms with Crippen LogP contribution in [0.25, 0.3) is 0 Å². The largest absolute Gasteiger partial charge is 0.473 e. The molecule has 0 N–H and O–H groups in total. The number of hydrogen-bond donors (Lipinski definition) is 0. The third-order valence-electron chi connectivity index (χ3n) is 1.10. The fourth-order valence-corrected chi connectivity index (χ4v) is 0.477. The topological polar surface area (TPSA) is 122 Å². The minimum atomic E-state index is -2.04. The van der Waals surface area contributed by atoms with Crippen molar-refractivity contribution < 1.29 is 24.1 Å². The zero-order valence-electron chi connectivity index (χ0n) is 7.24. The van der Waals surface area contributed by atoms with E-state index in [0.717, 1.165) is 6.92 Å². The van der Waals surface area contributed by atoms with Crippen LogP contribution in [0.2, 0.25) is 0 Å². The first kappa shape index (κ1) is 12.2. The lowest BCUT2D eigenvalue weighted by atomic mass is 10.6. The Bertz CT molecular complexity index is 226. The normalized spacial score (nSPS) is 9.86. The van der Waals surface area contributed by atoms with Crippen LogP contribution >= 0.6 is 0 Å². The lowest BCUT2D eigenvalue weighted by Gasteiger charge is -2.03. The van der Waals surface area contributed by atoms with Gasteiger partial charge in [-0.2, -0.15) is 0 Å². The van der Waals surface area contributed by atoms with Gasteiger partial charge < -0.3 is 9.47 Å². The van der Waals surface area contributed by atoms with Crippen molar-refractivity contribution in [3.05, 3.63) is 20.2 Å². The van der Waals surface area contributed by atoms with Crippen LogP contribution < -0.4 is 0 Å². The van der Waals surface area contributed by atoms with Crippen molar-refractivity contribution in [1.29, 1.82) is 0 Å². The molecule has 80 valence electrons. The zero-order chi connectivity index (χ0) is 11.1. The summed E-state index contributed by atoms with van der Waals surface area (Å²) in [6.07, 6.45) is -2.04. The highest BCUT2D eigenvalue weighted by Gasteiger charge is 2.32. The van der Waals surface area contributed by atoms with Crippen LogP contribution in [0.1, 0.15) is 6.92 Å². The molecule has 0 saturated carbocycles. The summed E-state index contributed by atoms with van der Waals surface area (Å²) < 4.78 is 8.65. The van der Waals surface area contributed by atoms with Crippen LogP contribution in [-0.2, 0) is 14.3 Å². The summed E-state index contributed by atoms with van der Waals surface area (Å²) in [5.41, 5.74) is 0. The molecule has 0 atom stereocenters. The predicted octanol–water partition coefficient (Wildman–Crippen LogP) is -0.597. The van der Waals surface area contributed by atoms with E-state index in [0.29, 0.717) is 0 Å². The van der Waals surface area contributed by atoms with Gasteiger partial charge in [-0.25, -0.2) is 0 Å². The first-order valence-corrected chi connectivity index (χ1v) is 3.43. The van der Waals surface area contributed by atoms with Crippen LogP contribution in [0, 0.1) is 20.2 Å². The molecule has 0 spiro atoms. The van der Waals surface area contributed by atoms with E-state index < -0.39 is 35.4 Å². The molecule has 0 rings (SSSR count). The second kappa shape index (κ2) is 5.80. The summed E-state index contributed by atoms with van der Waals surface area (Å²) in [4.78, 5) is 28.1. The number of nitrogens with zero attached hydrogens (tertiary/aromatic N) is 2. The molecule has 0 aromatic heterocycles. The maximum atomic E-state index is 10.2. The molecule has 14 heavy (non-hydrogen) atoms. The molecule has 0 radical (unpaired) electrons. The molecular formula is C5H8N2O7. The first-order chi connectivity index (χ1) is 6.45. The van der Waals surface area contributed by atoms with Crippen molar-refractivity contribution in [2.24, 2.45) is 0 Å². The maximum Gasteiger partial charge on any atom is 0.473 e. The molecule has 0 bridgehead atoms. The summed E-state index contributed by atoms with van der Waals surface area (Å²) in [6.45, 7) is -0.164. The highest BCUT2D eigenvalue weighted by molar-refractivity contribution is 5.65. The Morgan fingerprint density at radius 1 is 1.36 bits per heavy atom. The van der Waals surface area contributed by atoms with Crippen LogP contribution in [0.15, 0.2) is 0 Å². The SMILES string of the molecule is CC(=O)OCOCC([N+](=O)[O-])[N+](=O)[O-]. The van der Waals surface area contributed by atoms with Crippen LogP contribution in [0.4, 0.5) is 0 Å². The number of nitro groups is 2. The Balaban J connectivity index is 3.78. The summed E-state index contributed by atoms with van der Waals surface area (Å²) in [5, 5.41) is 20.1. The lowest BCUT2D eigenvalue weighted by molar-refractivity contribution is -0.744. The van der Waals surface area contributed by atoms with Gasteiger partial charge in [0.05, 0.1) is 9.85 Å². The Labute approximate surface area is 77.9 Å². The van der Waals surface area contributed by atoms with Crippen molar-refractivity contribution in [2.75, 3.05) is 13.4 Å². The first-order valence-electron chi connectivity index (χ1n) is 3.43. The fourth-order valence-electron chi connectivity index (χ4n) is 0.477. The van der Waals surface area contributed by atoms with Gasteiger partial charge in [-0.1, -0.05) is 0 Å². The minimum Gasteiger partial charge on any atom is -0.439 e. The number of hydrogen-bond acceptors (Lipinski definition) is 7. The van der Waals surface area contributed by atoms with E-state index in [2.05, 4.69) is 9.47 Å². The van der Waals surface area contributed by atoms with Gasteiger partial charge in [-0.3, -0.25) is 25.0 Å². The van der Waals surface area contributed by atoms with Gasteiger partial charge in [-0.15, -0.1) is 0 Å². The molecule has 0 heterocycles. The van der Waals surface area contributed by atoms with E-state index >= 15 is 0 Å². The summed E-state index contributed by atoms with van der Waals surface area (Å²) in [7, 11) is 0. The Morgan fingerprint density at radius 3 is 2.21 bits per heavy atom. The quantitative estimate of drug-likeness (QED) is 0.188. The van der Waals surface area contributed by atoms with E-state index in [9.17, 15) is 25.0 Å². The van der Waals surface area contributed by atoms with Gasteiger partial charge in [0.1, 0.15) is 0 Å². The average Bonchev–Trinajstić information content (AvgIpc) is 2.01. The Hall–Kier alpha value is -1.77. The molecule has 0 aromatic carbocycles. The predicted molar refractivity (Wildman–Crippen MR) is 40.4 cm³/mol. The van der Waals surface area contributed by atoms with Crippen molar-refractivity contribution in [2.45, 2.75) is 13.1 Å². The molecule has 0 aliphatic rings. The smallest absolute Gasteiger partial charge is 0.439 e. The molecule has 0 unspecified atom stereocenters. The molecule has 0 aliphatic heterocycles. The molecule has 0 amide bonds. The Kier molecular flexibility index (Phi) is 5.07. The van der Waals surface area contributed by atoms with Gasteiger partial charge >= 0.3 is 12.1 Å². The van der Waals surface area contributed by atoms with Crippen molar-refractivity contribution in [1.82, 2.24) is 0 Å². The van der Waals surface area contributed by atoms with Crippen LogP contribution in [0.5, 0.6) is 0 Å². The Morgan fingerprint density at radius 2 is 1.86 bits per heavy atom. The minimum absolute atomic E-state index is 0.534. The van der Waals surface area contributed by atoms with E-state index in [4.69, 9.17) is 0 Å². The van der Waals surface area contributed by atoms with E-state index in [-0.39, 0.29) is 0 Å². The van der Waals surface area contributed by atoms with Crippen molar-refractivity contribution >= 4 is 5.97 Å². The average molecular weight is 208 g/mol. The van der Waals surface area contributed by atoms with Gasteiger partial charge in [0.25, 0.3) is 0 Å². The molecular weight excluding hydrogens is 200 g/mol. The third-order valence-corrected chi connectivity index (χ3v) is 1.10. The number of ether oxygens (including phenoxy) is 2. The zero-order valence-corrected chi connectivity index (χ0v) is 7.24. The lowest BCUT2D eigenvalue weighted by Crippen LogP contribution is -2.33. The van der Waals surface area contributed by atoms with Crippen LogP contribution in [-0.4, -0.2) is 35.4 Å². The highest BCUT2D eigenvalue weighted by atomic mass is 16.7. The maximum absolute atomic E-state index is 10.2. The molecule has 9 heteroatoms. The standard InChI is InChI=1S/C5H8N2O7/c1-4(8)14-3-13-2-5(6(9)10)7(11)12/h5H,2-3H2,1H3. The third kappa shape index (κ3) is 4.98. The summed E-state index contributed by atoms with van der Waals surface area (Å²) in [5.74, 6) is -0.635. The number of esters is 1. The second-order valence-corrected chi connectivity index (χ2v) is 2.18. The van der Waals surface area contributed by atoms with E-state index in [1.54, 1.807) is 0 Å². The van der Waals surface area contributed by atoms with Crippen LogP contribution in [0.3, 0.4) is 0 Å². The van der Waals surface area contributed by atoms with Gasteiger partial charge in [0.2, 0.25) is 0 Å². The number of rotatable bonds is 6. The number of carbonyl (C=O) groups is 1. The monoisotopic (exact) mass is 208 g/mol. The van der Waals surface area contributed by atoms with Gasteiger partial charge in [0, 0.05) is 6.92 Å². The molecule has 0 saturated heterocycles. The molecule has 9 nitrogen and oxygen atoms in total. The van der Waals surface area contributed by atoms with Gasteiger partial charge in [-0.05, 0) is 0 Å². The van der Waals surface area contributed by atoms with Crippen molar-refractivity contribution in [3.8, 4) is 0 Å². The van der Waals surface area contributed by atoms with Crippen molar-refractivity contribution in [3.63, 3.8) is 0 Å². The number of carbonyl (C=O) groups excluding carboxylic acids is 1. The molecule has 0 aliphatic carbocycles. The fraction of sp³-hybridized carbons (Fsp3) is 0.800. The highest BCUT2D eigenvalue weighted by Crippen LogP contribution is 1.93. The molecule has 0 fully saturated rings. The van der Waals surface area contributed by atoms with E-state index in [1.165, 1.54) is 0 Å². The molecule has 0 aromatic rings. The second-order valence-electron chi connectivity index (χ2n) is 2.18.